The van der Waals surface area contributed by atoms with E-state index in [1.54, 1.807) is 6.92 Å². The summed E-state index contributed by atoms with van der Waals surface area (Å²) in [5.74, 6) is -1.60. The summed E-state index contributed by atoms with van der Waals surface area (Å²) in [6.45, 7) is 1.59. The van der Waals surface area contributed by atoms with Gasteiger partial charge >= 0.3 is 5.97 Å². The molecule has 0 aliphatic carbocycles. The molecule has 2 rings (SSSR count). The van der Waals surface area contributed by atoms with Crippen LogP contribution in [0.4, 0.5) is 4.39 Å². The Hall–Kier alpha value is -1.43. The van der Waals surface area contributed by atoms with Gasteiger partial charge in [-0.1, -0.05) is 11.8 Å². The van der Waals surface area contributed by atoms with Crippen LogP contribution in [0.5, 0.6) is 0 Å². The first-order valence-electron chi connectivity index (χ1n) is 5.20. The molecule has 0 atom stereocenters. The Morgan fingerprint density at radius 1 is 1.60 bits per heavy atom. The highest BCUT2D eigenvalue weighted by atomic mass is 79.9. The van der Waals surface area contributed by atoms with E-state index in [-0.39, 0.29) is 19.8 Å². The molecule has 0 amide bonds. The van der Waals surface area contributed by atoms with Gasteiger partial charge in [0.05, 0.1) is 20.6 Å². The Bertz CT molecular complexity index is 740. The van der Waals surface area contributed by atoms with E-state index in [2.05, 4.69) is 20.9 Å². The van der Waals surface area contributed by atoms with Crippen LogP contribution in [0, 0.1) is 24.1 Å². The van der Waals surface area contributed by atoms with Crippen molar-refractivity contribution in [3.8, 4) is 6.07 Å². The van der Waals surface area contributed by atoms with Gasteiger partial charge < -0.3 is 5.11 Å². The minimum Gasteiger partial charge on any atom is -0.477 e. The Balaban J connectivity index is 2.36. The third-order valence-corrected chi connectivity index (χ3v) is 5.35. The summed E-state index contributed by atoms with van der Waals surface area (Å²) in [4.78, 5) is 15.4. The minimum absolute atomic E-state index is 0.0942. The van der Waals surface area contributed by atoms with Crippen LogP contribution in [0.3, 0.4) is 0 Å². The van der Waals surface area contributed by atoms with Crippen molar-refractivity contribution >= 4 is 45.0 Å². The van der Waals surface area contributed by atoms with Gasteiger partial charge in [-0.3, -0.25) is 0 Å². The first kappa shape index (κ1) is 15.0. The summed E-state index contributed by atoms with van der Waals surface area (Å²) < 4.78 is 14.6. The van der Waals surface area contributed by atoms with Crippen molar-refractivity contribution in [2.24, 2.45) is 0 Å². The summed E-state index contributed by atoms with van der Waals surface area (Å²) in [6, 6.07) is 4.84. The zero-order valence-electron chi connectivity index (χ0n) is 9.98. The average molecular weight is 373 g/mol. The van der Waals surface area contributed by atoms with Gasteiger partial charge in [0.25, 0.3) is 0 Å². The van der Waals surface area contributed by atoms with Crippen molar-refractivity contribution < 1.29 is 14.3 Å². The van der Waals surface area contributed by atoms with Crippen LogP contribution in [0.15, 0.2) is 25.8 Å². The predicted octanol–water partition coefficient (Wildman–Crippen LogP) is 4.07. The van der Waals surface area contributed by atoms with Gasteiger partial charge in [0.1, 0.15) is 10.9 Å². The first-order chi connectivity index (χ1) is 9.43. The molecule has 0 unspecified atom stereocenters. The zero-order chi connectivity index (χ0) is 14.9. The van der Waals surface area contributed by atoms with Crippen molar-refractivity contribution in [1.29, 1.82) is 5.26 Å². The standard InChI is InChI=1S/C12H6BrFN2O2S2/c1-5-10(11(17)18)20-12(16-5)19-7-3-2-6(4-15)8(13)9(7)14/h2-3H,1H3,(H,17,18). The van der Waals surface area contributed by atoms with Crippen LogP contribution in [0.1, 0.15) is 20.9 Å². The SMILES string of the molecule is Cc1nc(Sc2ccc(C#N)c(Br)c2F)sc1C(=O)O. The lowest BCUT2D eigenvalue weighted by Crippen LogP contribution is -1.94. The van der Waals surface area contributed by atoms with Gasteiger partial charge in [-0.15, -0.1) is 11.3 Å². The summed E-state index contributed by atoms with van der Waals surface area (Å²) in [7, 11) is 0. The lowest BCUT2D eigenvalue weighted by atomic mass is 10.2. The largest absolute Gasteiger partial charge is 0.477 e. The number of nitriles is 1. The monoisotopic (exact) mass is 372 g/mol. The molecule has 0 saturated heterocycles. The molecule has 0 aliphatic heterocycles. The van der Waals surface area contributed by atoms with E-state index in [0.717, 1.165) is 23.1 Å². The summed E-state index contributed by atoms with van der Waals surface area (Å²) in [6.07, 6.45) is 0. The molecule has 102 valence electrons. The molecule has 20 heavy (non-hydrogen) atoms. The maximum Gasteiger partial charge on any atom is 0.347 e. The van der Waals surface area contributed by atoms with Crippen molar-refractivity contribution in [1.82, 2.24) is 4.98 Å². The van der Waals surface area contributed by atoms with E-state index in [1.165, 1.54) is 12.1 Å². The minimum atomic E-state index is -1.05. The fraction of sp³-hybridized carbons (Fsp3) is 0.0833. The molecule has 0 aliphatic rings. The molecule has 0 radical (unpaired) electrons. The molecular formula is C12H6BrFN2O2S2. The fourth-order valence-corrected chi connectivity index (χ4v) is 3.99. The van der Waals surface area contributed by atoms with Gasteiger partial charge in [-0.25, -0.2) is 14.2 Å². The Morgan fingerprint density at radius 2 is 2.30 bits per heavy atom. The highest BCUT2D eigenvalue weighted by Crippen LogP contribution is 2.37. The maximum absolute atomic E-state index is 14.0. The van der Waals surface area contributed by atoms with E-state index >= 15 is 0 Å². The van der Waals surface area contributed by atoms with Crippen molar-refractivity contribution in [3.05, 3.63) is 38.6 Å². The average Bonchev–Trinajstić information content (AvgIpc) is 2.76. The molecule has 8 heteroatoms. The highest BCUT2D eigenvalue weighted by molar-refractivity contribution is 9.10. The van der Waals surface area contributed by atoms with E-state index < -0.39 is 11.8 Å². The van der Waals surface area contributed by atoms with Crippen molar-refractivity contribution in [3.63, 3.8) is 0 Å². The molecule has 1 N–H and O–H groups in total. The predicted molar refractivity (Wildman–Crippen MR) is 76.7 cm³/mol. The van der Waals surface area contributed by atoms with Crippen molar-refractivity contribution in [2.75, 3.05) is 0 Å². The van der Waals surface area contributed by atoms with E-state index in [1.807, 2.05) is 6.07 Å². The molecular weight excluding hydrogens is 367 g/mol. The maximum atomic E-state index is 14.0. The van der Waals surface area contributed by atoms with Gasteiger partial charge in [0.2, 0.25) is 0 Å². The Kier molecular flexibility index (Phi) is 4.42. The van der Waals surface area contributed by atoms with Crippen LogP contribution in [-0.2, 0) is 0 Å². The normalized spacial score (nSPS) is 10.3. The number of carboxylic acid groups (broad SMARTS) is 1. The number of aromatic carboxylic acids is 1. The molecule has 1 heterocycles. The van der Waals surface area contributed by atoms with Gasteiger partial charge in [0.15, 0.2) is 10.2 Å². The fourth-order valence-electron chi connectivity index (χ4n) is 1.40. The molecule has 0 bridgehead atoms. The third-order valence-electron chi connectivity index (χ3n) is 2.34. The second kappa shape index (κ2) is 5.91. The van der Waals surface area contributed by atoms with E-state index in [9.17, 15) is 9.18 Å². The van der Waals surface area contributed by atoms with Crippen LogP contribution in [0.2, 0.25) is 0 Å². The number of aryl methyl sites for hydroxylation is 1. The Morgan fingerprint density at radius 3 is 2.85 bits per heavy atom. The van der Waals surface area contributed by atoms with Crippen LogP contribution in [-0.4, -0.2) is 16.1 Å². The number of rotatable bonds is 3. The van der Waals surface area contributed by atoms with Gasteiger partial charge in [-0.05, 0) is 35.0 Å². The number of benzene rings is 1. The van der Waals surface area contributed by atoms with Crippen LogP contribution < -0.4 is 0 Å². The highest BCUT2D eigenvalue weighted by Gasteiger charge is 2.17. The second-order valence-electron chi connectivity index (χ2n) is 3.65. The van der Waals surface area contributed by atoms with Crippen LogP contribution in [0.25, 0.3) is 0 Å². The molecule has 2 aromatic rings. The first-order valence-corrected chi connectivity index (χ1v) is 7.63. The third kappa shape index (κ3) is 2.85. The molecule has 1 aromatic carbocycles. The van der Waals surface area contributed by atoms with E-state index in [0.29, 0.717) is 10.0 Å². The number of hydrogen-bond donors (Lipinski definition) is 1. The molecule has 4 nitrogen and oxygen atoms in total. The lowest BCUT2D eigenvalue weighted by molar-refractivity contribution is 0.0701. The number of hydrogen-bond acceptors (Lipinski definition) is 5. The summed E-state index contributed by atoms with van der Waals surface area (Å²) in [5, 5.41) is 17.8. The van der Waals surface area contributed by atoms with Gasteiger partial charge in [-0.2, -0.15) is 5.26 Å². The number of halogens is 2. The number of thiazole rings is 1. The van der Waals surface area contributed by atoms with Crippen molar-refractivity contribution in [2.45, 2.75) is 16.2 Å². The van der Waals surface area contributed by atoms with E-state index in [4.69, 9.17) is 10.4 Å². The molecule has 0 spiro atoms. The summed E-state index contributed by atoms with van der Waals surface area (Å²) in [5.41, 5.74) is 0.603. The topological polar surface area (TPSA) is 74.0 Å². The van der Waals surface area contributed by atoms with Crippen LogP contribution >= 0.6 is 39.0 Å². The summed E-state index contributed by atoms with van der Waals surface area (Å²) >= 11 is 5.05. The quantitative estimate of drug-likeness (QED) is 0.878. The number of nitrogens with zero attached hydrogens (tertiary/aromatic N) is 2. The number of carboxylic acids is 1. The molecule has 0 saturated carbocycles. The lowest BCUT2D eigenvalue weighted by Gasteiger charge is -2.03. The number of carbonyl (C=O) groups is 1. The zero-order valence-corrected chi connectivity index (χ0v) is 13.2. The molecule has 1 aromatic heterocycles. The Labute approximate surface area is 130 Å². The second-order valence-corrected chi connectivity index (χ2v) is 6.73. The molecule has 0 fully saturated rings. The smallest absolute Gasteiger partial charge is 0.347 e. The van der Waals surface area contributed by atoms with Gasteiger partial charge in [0, 0.05) is 0 Å². The number of aromatic nitrogens is 1.